The van der Waals surface area contributed by atoms with Gasteiger partial charge in [-0.1, -0.05) is 0 Å². The van der Waals surface area contributed by atoms with Gasteiger partial charge in [-0.2, -0.15) is 0 Å². The minimum atomic E-state index is 0.122. The van der Waals surface area contributed by atoms with Crippen molar-refractivity contribution in [2.24, 2.45) is 0 Å². The first-order valence-electron chi connectivity index (χ1n) is 7.10. The number of imidazole rings is 1. The molecule has 0 radical (unpaired) electrons. The zero-order valence-corrected chi connectivity index (χ0v) is 12.7. The van der Waals surface area contributed by atoms with E-state index in [1.165, 1.54) is 0 Å². The normalized spacial score (nSPS) is 18.8. The molecule has 112 valence electrons. The predicted molar refractivity (Wildman–Crippen MR) is 82.0 cm³/mol. The van der Waals surface area contributed by atoms with Crippen LogP contribution in [0.4, 0.5) is 0 Å². The number of piperidine rings is 1. The van der Waals surface area contributed by atoms with E-state index in [4.69, 9.17) is 21.3 Å². The van der Waals surface area contributed by atoms with Crippen LogP contribution < -0.4 is 10.1 Å². The van der Waals surface area contributed by atoms with Gasteiger partial charge in [0.25, 0.3) is 0 Å². The lowest BCUT2D eigenvalue weighted by Crippen LogP contribution is -2.36. The highest BCUT2D eigenvalue weighted by Gasteiger charge is 2.23. The molecule has 6 heteroatoms. The van der Waals surface area contributed by atoms with Crippen molar-refractivity contribution < 1.29 is 9.53 Å². The summed E-state index contributed by atoms with van der Waals surface area (Å²) in [6.45, 7) is 0.644. The average molecular weight is 308 g/mol. The third-order valence-corrected chi connectivity index (χ3v) is 4.08. The molecule has 1 unspecified atom stereocenters. The Morgan fingerprint density at radius 1 is 1.52 bits per heavy atom. The van der Waals surface area contributed by atoms with Gasteiger partial charge in [0.15, 0.2) is 0 Å². The van der Waals surface area contributed by atoms with E-state index in [0.717, 1.165) is 29.0 Å². The van der Waals surface area contributed by atoms with Crippen molar-refractivity contribution in [2.45, 2.75) is 25.3 Å². The fourth-order valence-electron chi connectivity index (χ4n) is 2.86. The first kappa shape index (κ1) is 14.2. The van der Waals surface area contributed by atoms with Crippen LogP contribution in [0.15, 0.2) is 18.2 Å². The Morgan fingerprint density at radius 3 is 3.05 bits per heavy atom. The number of aryl methyl sites for hydroxylation is 1. The van der Waals surface area contributed by atoms with E-state index in [9.17, 15) is 4.79 Å². The Kier molecular flexibility index (Phi) is 4.01. The Hall–Kier alpha value is -1.75. The van der Waals surface area contributed by atoms with Crippen molar-refractivity contribution in [3.05, 3.63) is 24.0 Å². The first-order chi connectivity index (χ1) is 10.2. The molecule has 0 aliphatic carbocycles. The van der Waals surface area contributed by atoms with Gasteiger partial charge in [0, 0.05) is 31.3 Å². The number of benzene rings is 1. The van der Waals surface area contributed by atoms with Gasteiger partial charge in [-0.3, -0.25) is 4.79 Å². The van der Waals surface area contributed by atoms with Crippen LogP contribution in [0.3, 0.4) is 0 Å². The second-order valence-corrected chi connectivity index (χ2v) is 5.57. The molecule has 1 aromatic heterocycles. The molecule has 1 N–H and O–H groups in total. The average Bonchev–Trinajstić information content (AvgIpc) is 2.85. The van der Waals surface area contributed by atoms with Gasteiger partial charge in [-0.25, -0.2) is 4.98 Å². The van der Waals surface area contributed by atoms with Crippen molar-refractivity contribution in [1.29, 1.82) is 0 Å². The number of hydrogen-bond donors (Lipinski definition) is 1. The van der Waals surface area contributed by atoms with Crippen LogP contribution in [0.2, 0.25) is 0 Å². The van der Waals surface area contributed by atoms with Gasteiger partial charge >= 0.3 is 0 Å². The van der Waals surface area contributed by atoms with Gasteiger partial charge in [0.05, 0.1) is 24.2 Å². The molecule has 5 nitrogen and oxygen atoms in total. The Bertz CT molecular complexity index is 658. The van der Waals surface area contributed by atoms with E-state index in [0.29, 0.717) is 25.3 Å². The second kappa shape index (κ2) is 5.93. The molecule has 1 aromatic carbocycles. The van der Waals surface area contributed by atoms with Crippen molar-refractivity contribution >= 4 is 28.5 Å². The number of nitrogens with one attached hydrogen (secondary N) is 1. The lowest BCUT2D eigenvalue weighted by Gasteiger charge is -2.26. The minimum absolute atomic E-state index is 0.122. The molecule has 0 bridgehead atoms. The number of alkyl halides is 1. The van der Waals surface area contributed by atoms with Crippen molar-refractivity contribution in [2.75, 3.05) is 19.5 Å². The molecule has 1 fully saturated rings. The third-order valence-electron chi connectivity index (χ3n) is 3.89. The molecule has 2 aromatic rings. The van der Waals surface area contributed by atoms with Crippen LogP contribution in [0.25, 0.3) is 11.0 Å². The SMILES string of the molecule is COc1ccc2c(c1)nc(CCCl)n2C1CCC(=O)NC1. The summed E-state index contributed by atoms with van der Waals surface area (Å²) in [5.41, 5.74) is 1.98. The highest BCUT2D eigenvalue weighted by atomic mass is 35.5. The molecule has 1 aliphatic heterocycles. The second-order valence-electron chi connectivity index (χ2n) is 5.19. The van der Waals surface area contributed by atoms with Crippen LogP contribution in [0.1, 0.15) is 24.7 Å². The Balaban J connectivity index is 2.05. The van der Waals surface area contributed by atoms with Crippen molar-refractivity contribution in [3.63, 3.8) is 0 Å². The van der Waals surface area contributed by atoms with E-state index >= 15 is 0 Å². The lowest BCUT2D eigenvalue weighted by atomic mass is 10.1. The molecule has 1 amide bonds. The topological polar surface area (TPSA) is 56.2 Å². The molecule has 0 saturated carbocycles. The lowest BCUT2D eigenvalue weighted by molar-refractivity contribution is -0.122. The molecule has 0 spiro atoms. The predicted octanol–water partition coefficient (Wildman–Crippen LogP) is 2.28. The van der Waals surface area contributed by atoms with E-state index in [-0.39, 0.29) is 11.9 Å². The van der Waals surface area contributed by atoms with Gasteiger partial charge in [0.1, 0.15) is 11.6 Å². The fourth-order valence-corrected chi connectivity index (χ4v) is 3.03. The number of methoxy groups -OCH3 is 1. The van der Waals surface area contributed by atoms with E-state index in [1.807, 2.05) is 18.2 Å². The number of carbonyl (C=O) groups excluding carboxylic acids is 1. The summed E-state index contributed by atoms with van der Waals surface area (Å²) < 4.78 is 7.48. The van der Waals surface area contributed by atoms with Crippen LogP contribution in [0.5, 0.6) is 5.75 Å². The molecule has 2 heterocycles. The van der Waals surface area contributed by atoms with E-state index in [2.05, 4.69) is 9.88 Å². The zero-order chi connectivity index (χ0) is 14.8. The maximum absolute atomic E-state index is 11.4. The summed E-state index contributed by atoms with van der Waals surface area (Å²) in [6.07, 6.45) is 2.10. The number of nitrogens with zero attached hydrogens (tertiary/aromatic N) is 2. The molecule has 1 saturated heterocycles. The highest BCUT2D eigenvalue weighted by Crippen LogP contribution is 2.28. The summed E-state index contributed by atoms with van der Waals surface area (Å²) in [6, 6.07) is 6.13. The van der Waals surface area contributed by atoms with E-state index < -0.39 is 0 Å². The van der Waals surface area contributed by atoms with Crippen LogP contribution >= 0.6 is 11.6 Å². The standard InChI is InChI=1S/C15H18ClN3O2/c1-21-11-3-4-13-12(8-11)18-14(6-7-16)19(13)10-2-5-15(20)17-9-10/h3-4,8,10H,2,5-7,9H2,1H3,(H,17,20). The Morgan fingerprint density at radius 2 is 2.38 bits per heavy atom. The number of hydrogen-bond acceptors (Lipinski definition) is 3. The minimum Gasteiger partial charge on any atom is -0.497 e. The third kappa shape index (κ3) is 2.70. The monoisotopic (exact) mass is 307 g/mol. The van der Waals surface area contributed by atoms with Crippen molar-refractivity contribution in [1.82, 2.24) is 14.9 Å². The number of carbonyl (C=O) groups is 1. The summed E-state index contributed by atoms with van der Waals surface area (Å²) in [7, 11) is 1.65. The number of amides is 1. The maximum Gasteiger partial charge on any atom is 0.220 e. The quantitative estimate of drug-likeness (QED) is 0.882. The smallest absolute Gasteiger partial charge is 0.220 e. The number of halogens is 1. The molecule has 21 heavy (non-hydrogen) atoms. The van der Waals surface area contributed by atoms with Gasteiger partial charge in [-0.05, 0) is 18.6 Å². The number of aromatic nitrogens is 2. The van der Waals surface area contributed by atoms with Gasteiger partial charge in [-0.15, -0.1) is 11.6 Å². The largest absolute Gasteiger partial charge is 0.497 e. The summed E-state index contributed by atoms with van der Waals surface area (Å²) in [4.78, 5) is 16.1. The van der Waals surface area contributed by atoms with Crippen LogP contribution in [0, 0.1) is 0 Å². The Labute approximate surface area is 128 Å². The molecule has 1 aliphatic rings. The fraction of sp³-hybridized carbons (Fsp3) is 0.467. The first-order valence-corrected chi connectivity index (χ1v) is 7.64. The van der Waals surface area contributed by atoms with Crippen molar-refractivity contribution in [3.8, 4) is 5.75 Å². The number of fused-ring (bicyclic) bond motifs is 1. The summed E-state index contributed by atoms with van der Waals surface area (Å²) in [5.74, 6) is 2.41. The van der Waals surface area contributed by atoms with E-state index in [1.54, 1.807) is 7.11 Å². The maximum atomic E-state index is 11.4. The van der Waals surface area contributed by atoms with Gasteiger partial charge < -0.3 is 14.6 Å². The number of ether oxygens (including phenoxy) is 1. The molecule has 3 rings (SSSR count). The molecular weight excluding hydrogens is 290 g/mol. The summed E-state index contributed by atoms with van der Waals surface area (Å²) >= 11 is 5.91. The number of rotatable bonds is 4. The summed E-state index contributed by atoms with van der Waals surface area (Å²) in [5, 5.41) is 2.93. The van der Waals surface area contributed by atoms with Crippen LogP contribution in [-0.2, 0) is 11.2 Å². The molecular formula is C15H18ClN3O2. The zero-order valence-electron chi connectivity index (χ0n) is 11.9. The van der Waals surface area contributed by atoms with Gasteiger partial charge in [0.2, 0.25) is 5.91 Å². The highest BCUT2D eigenvalue weighted by molar-refractivity contribution is 6.17. The van der Waals surface area contributed by atoms with Crippen LogP contribution in [-0.4, -0.2) is 35.0 Å². The molecule has 1 atom stereocenters.